The minimum absolute atomic E-state index is 0.839. The van der Waals surface area contributed by atoms with Gasteiger partial charge in [-0.15, -0.1) is 0 Å². The van der Waals surface area contributed by atoms with Crippen molar-refractivity contribution in [1.29, 1.82) is 0 Å². The lowest BCUT2D eigenvalue weighted by molar-refractivity contribution is 0.798. The number of aromatic nitrogens is 2. The molecule has 0 unspecified atom stereocenters. The molecule has 0 saturated heterocycles. The van der Waals surface area contributed by atoms with Gasteiger partial charge < -0.3 is 4.57 Å². The summed E-state index contributed by atoms with van der Waals surface area (Å²) in [5.41, 5.74) is 5.91. The van der Waals surface area contributed by atoms with Gasteiger partial charge in [0.05, 0.1) is 11.0 Å². The number of nitrogens with zero attached hydrogens (tertiary/aromatic N) is 2. The Morgan fingerprint density at radius 1 is 0.412 bits per heavy atom. The molecule has 0 bridgehead atoms. The number of fused-ring (bicyclic) bond motifs is 8. The first kappa shape index (κ1) is 28.3. The molecule has 0 radical (unpaired) electrons. The van der Waals surface area contributed by atoms with Crippen molar-refractivity contribution < 1.29 is 0 Å². The maximum Gasteiger partial charge on any atom is 0.142 e. The fraction of sp³-hybridized carbons (Fsp3) is 0.0408. The number of rotatable bonds is 3. The summed E-state index contributed by atoms with van der Waals surface area (Å²) in [6.07, 6.45) is 0. The normalized spacial score (nSPS) is 12.1. The highest BCUT2D eigenvalue weighted by Crippen LogP contribution is 2.49. The Morgan fingerprint density at radius 2 is 0.863 bits per heavy atom. The Labute approximate surface area is 294 Å². The van der Waals surface area contributed by atoms with Crippen LogP contribution in [-0.2, 0) is 6.54 Å². The van der Waals surface area contributed by atoms with Crippen LogP contribution in [0.3, 0.4) is 0 Å². The van der Waals surface area contributed by atoms with Gasteiger partial charge in [-0.2, -0.15) is 0 Å². The molecule has 11 aromatic rings. The fourth-order valence-corrected chi connectivity index (χ4v) is 9.06. The predicted molar refractivity (Wildman–Crippen MR) is 219 cm³/mol. The quantitative estimate of drug-likeness (QED) is 0.138. The predicted octanol–water partition coefficient (Wildman–Crippen LogP) is 13.5. The van der Waals surface area contributed by atoms with Gasteiger partial charge in [0.15, 0.2) is 0 Å². The van der Waals surface area contributed by atoms with Gasteiger partial charge in [0.25, 0.3) is 0 Å². The van der Waals surface area contributed by atoms with Gasteiger partial charge in [-0.3, -0.25) is 0 Å². The summed E-state index contributed by atoms with van der Waals surface area (Å²) in [5, 5.41) is 17.7. The zero-order valence-corrected chi connectivity index (χ0v) is 28.2. The molecular formula is C49H32N2. The van der Waals surface area contributed by atoms with Crippen LogP contribution in [-0.4, -0.2) is 9.55 Å². The fourth-order valence-electron chi connectivity index (χ4n) is 9.06. The molecule has 11 rings (SSSR count). The Kier molecular flexibility index (Phi) is 5.97. The van der Waals surface area contributed by atoms with Crippen LogP contribution in [0, 0.1) is 0 Å². The Morgan fingerprint density at radius 3 is 1.47 bits per heavy atom. The lowest BCUT2D eigenvalue weighted by Crippen LogP contribution is -2.00. The second-order valence-electron chi connectivity index (χ2n) is 13.7. The molecular weight excluding hydrogens is 617 g/mol. The first-order chi connectivity index (χ1) is 25.3. The third kappa shape index (κ3) is 3.90. The molecule has 10 aromatic carbocycles. The van der Waals surface area contributed by atoms with Crippen molar-refractivity contribution in [3.8, 4) is 22.5 Å². The maximum absolute atomic E-state index is 5.30. The molecule has 2 heteroatoms. The van der Waals surface area contributed by atoms with Crippen molar-refractivity contribution in [1.82, 2.24) is 9.55 Å². The van der Waals surface area contributed by atoms with E-state index in [-0.39, 0.29) is 0 Å². The van der Waals surface area contributed by atoms with Crippen molar-refractivity contribution in [2.24, 2.45) is 0 Å². The molecule has 0 aliphatic rings. The number of benzene rings is 9. The van der Waals surface area contributed by atoms with Crippen molar-refractivity contribution in [2.45, 2.75) is 13.5 Å². The number of aryl methyl sites for hydroxylation is 1. The minimum atomic E-state index is 0.839. The van der Waals surface area contributed by atoms with Gasteiger partial charge in [0.2, 0.25) is 0 Å². The van der Waals surface area contributed by atoms with Gasteiger partial charge >= 0.3 is 0 Å². The largest absolute Gasteiger partial charge is 0.324 e. The minimum Gasteiger partial charge on any atom is -0.324 e. The van der Waals surface area contributed by atoms with Crippen molar-refractivity contribution in [3.63, 3.8) is 0 Å². The van der Waals surface area contributed by atoms with Gasteiger partial charge in [-0.05, 0) is 112 Å². The van der Waals surface area contributed by atoms with Crippen LogP contribution in [0.15, 0.2) is 164 Å². The van der Waals surface area contributed by atoms with Crippen LogP contribution in [0.5, 0.6) is 0 Å². The van der Waals surface area contributed by atoms with Crippen LogP contribution in [0.1, 0.15) is 6.92 Å². The van der Waals surface area contributed by atoms with Gasteiger partial charge in [0, 0.05) is 12.1 Å². The van der Waals surface area contributed by atoms with Crippen molar-refractivity contribution in [2.75, 3.05) is 0 Å². The lowest BCUT2D eigenvalue weighted by atomic mass is 9.83. The van der Waals surface area contributed by atoms with E-state index in [1.165, 1.54) is 97.6 Å². The summed E-state index contributed by atoms with van der Waals surface area (Å²) in [6, 6.07) is 60.5. The highest BCUT2D eigenvalue weighted by molar-refractivity contribution is 6.36. The van der Waals surface area contributed by atoms with E-state index in [9.17, 15) is 0 Å². The first-order valence-electron chi connectivity index (χ1n) is 17.9. The van der Waals surface area contributed by atoms with E-state index < -0.39 is 0 Å². The molecule has 1 aromatic heterocycles. The van der Waals surface area contributed by atoms with E-state index in [1.807, 2.05) is 0 Å². The van der Waals surface area contributed by atoms with E-state index >= 15 is 0 Å². The number of hydrogen-bond acceptors (Lipinski definition) is 1. The monoisotopic (exact) mass is 648 g/mol. The summed E-state index contributed by atoms with van der Waals surface area (Å²) in [4.78, 5) is 5.30. The van der Waals surface area contributed by atoms with Gasteiger partial charge in [-0.25, -0.2) is 4.98 Å². The standard InChI is InChI=1S/C49H32N2/c1-2-51-44-28-12-11-27-43(44)50-49(51)48-39-22-9-7-20-37(39)46(38-21-8-10-23-40(38)48)42-29-30-15-13-24-35-33-18-5-3-16-31(33)32-17-4-6-19-34(32)36-25-14-26-41(42)47(36)45(30)35/h3-29H,2H2,1H3. The van der Waals surface area contributed by atoms with E-state index in [4.69, 9.17) is 4.98 Å². The highest BCUT2D eigenvalue weighted by atomic mass is 15.1. The third-order valence-electron chi connectivity index (χ3n) is 11.1. The topological polar surface area (TPSA) is 17.8 Å². The molecule has 0 fully saturated rings. The van der Waals surface area contributed by atoms with Crippen molar-refractivity contribution in [3.05, 3.63) is 164 Å². The first-order valence-corrected chi connectivity index (χ1v) is 17.9. The van der Waals surface area contributed by atoms with Crippen LogP contribution in [0.25, 0.3) is 109 Å². The van der Waals surface area contributed by atoms with Gasteiger partial charge in [0.1, 0.15) is 5.82 Å². The third-order valence-corrected chi connectivity index (χ3v) is 11.1. The SMILES string of the molecule is CCn1c(-c2c3ccccc3c(-c3cc4cccc5c6ccccc6c6ccccc6c6cccc3c6c45)c3ccccc23)nc2ccccc21. The smallest absolute Gasteiger partial charge is 0.142 e. The molecule has 0 aliphatic carbocycles. The summed E-state index contributed by atoms with van der Waals surface area (Å²) in [7, 11) is 0. The Balaban J connectivity index is 1.36. The second-order valence-corrected chi connectivity index (χ2v) is 13.7. The van der Waals surface area contributed by atoms with Crippen LogP contribution in [0.4, 0.5) is 0 Å². The molecule has 51 heavy (non-hydrogen) atoms. The number of hydrogen-bond donors (Lipinski definition) is 0. The molecule has 0 N–H and O–H groups in total. The Hall–Kier alpha value is -6.51. The molecule has 0 saturated carbocycles. The molecule has 0 amide bonds. The molecule has 0 spiro atoms. The number of para-hydroxylation sites is 2. The summed E-state index contributed by atoms with van der Waals surface area (Å²) < 4.78 is 2.37. The lowest BCUT2D eigenvalue weighted by Gasteiger charge is -2.21. The van der Waals surface area contributed by atoms with E-state index in [0.29, 0.717) is 0 Å². The van der Waals surface area contributed by atoms with Gasteiger partial charge in [-0.1, -0.05) is 146 Å². The van der Waals surface area contributed by atoms with Crippen LogP contribution < -0.4 is 0 Å². The number of imidazole rings is 1. The highest BCUT2D eigenvalue weighted by Gasteiger charge is 2.23. The zero-order valence-electron chi connectivity index (χ0n) is 28.2. The molecule has 238 valence electrons. The molecule has 0 aliphatic heterocycles. The van der Waals surface area contributed by atoms with Crippen LogP contribution >= 0.6 is 0 Å². The van der Waals surface area contributed by atoms with E-state index in [1.54, 1.807) is 0 Å². The summed E-state index contributed by atoms with van der Waals surface area (Å²) >= 11 is 0. The second kappa shape index (κ2) is 10.7. The molecule has 2 nitrogen and oxygen atoms in total. The maximum atomic E-state index is 5.30. The average Bonchev–Trinajstić information content (AvgIpc) is 3.56. The zero-order chi connectivity index (χ0) is 33.6. The molecule has 0 atom stereocenters. The average molecular weight is 649 g/mol. The van der Waals surface area contributed by atoms with E-state index in [0.717, 1.165) is 17.9 Å². The van der Waals surface area contributed by atoms with Crippen LogP contribution in [0.2, 0.25) is 0 Å². The van der Waals surface area contributed by atoms with Crippen molar-refractivity contribution >= 4 is 86.4 Å². The summed E-state index contributed by atoms with van der Waals surface area (Å²) in [6.45, 7) is 3.06. The Bertz CT molecular complexity index is 3180. The summed E-state index contributed by atoms with van der Waals surface area (Å²) in [5.74, 6) is 1.02. The molecule has 1 heterocycles. The van der Waals surface area contributed by atoms with E-state index in [2.05, 4.69) is 175 Å².